The van der Waals surface area contributed by atoms with Crippen LogP contribution in [0.25, 0.3) is 0 Å². The molecule has 0 aliphatic carbocycles. The molecule has 2 aliphatic heterocycles. The molecule has 102 valence electrons. The van der Waals surface area contributed by atoms with Crippen molar-refractivity contribution in [3.05, 3.63) is 29.3 Å². The van der Waals surface area contributed by atoms with Crippen LogP contribution in [0.3, 0.4) is 0 Å². The third-order valence-electron chi connectivity index (χ3n) is 4.10. The Morgan fingerprint density at radius 1 is 1.32 bits per heavy atom. The highest BCUT2D eigenvalue weighted by Gasteiger charge is 2.21. The van der Waals surface area contributed by atoms with Gasteiger partial charge in [0.25, 0.3) is 0 Å². The van der Waals surface area contributed by atoms with E-state index in [4.69, 9.17) is 0 Å². The highest BCUT2D eigenvalue weighted by atomic mass is 16.2. The van der Waals surface area contributed by atoms with Crippen molar-refractivity contribution in [3.63, 3.8) is 0 Å². The average Bonchev–Trinajstić information content (AvgIpc) is 2.44. The van der Waals surface area contributed by atoms with Crippen LogP contribution in [-0.4, -0.2) is 38.6 Å². The van der Waals surface area contributed by atoms with Crippen molar-refractivity contribution in [1.29, 1.82) is 0 Å². The first-order valence-corrected chi connectivity index (χ1v) is 7.06. The lowest BCUT2D eigenvalue weighted by Crippen LogP contribution is -2.49. The van der Waals surface area contributed by atoms with E-state index >= 15 is 0 Å². The molecule has 1 unspecified atom stereocenters. The molecule has 1 aromatic carbocycles. The summed E-state index contributed by atoms with van der Waals surface area (Å²) in [7, 11) is 1.87. The van der Waals surface area contributed by atoms with E-state index in [1.807, 2.05) is 7.05 Å². The minimum absolute atomic E-state index is 0.221. The van der Waals surface area contributed by atoms with Gasteiger partial charge in [0.05, 0.1) is 0 Å². The second kappa shape index (κ2) is 5.31. The van der Waals surface area contributed by atoms with Gasteiger partial charge in [-0.25, -0.2) is 0 Å². The summed E-state index contributed by atoms with van der Waals surface area (Å²) >= 11 is 0. The van der Waals surface area contributed by atoms with Crippen molar-refractivity contribution < 1.29 is 4.79 Å². The fraction of sp³-hybridized carbons (Fsp3) is 0.533. The summed E-state index contributed by atoms with van der Waals surface area (Å²) in [6, 6.07) is 7.05. The van der Waals surface area contributed by atoms with Crippen LogP contribution in [0.4, 0.5) is 5.69 Å². The minimum atomic E-state index is 0.221. The van der Waals surface area contributed by atoms with E-state index in [1.165, 1.54) is 11.1 Å². The zero-order valence-electron chi connectivity index (χ0n) is 11.4. The highest BCUT2D eigenvalue weighted by Crippen LogP contribution is 2.27. The van der Waals surface area contributed by atoms with Gasteiger partial charge in [-0.05, 0) is 30.0 Å². The Labute approximate surface area is 114 Å². The monoisotopic (exact) mass is 259 g/mol. The second-order valence-corrected chi connectivity index (χ2v) is 5.48. The van der Waals surface area contributed by atoms with E-state index in [0.717, 1.165) is 38.2 Å². The van der Waals surface area contributed by atoms with E-state index in [-0.39, 0.29) is 5.91 Å². The van der Waals surface area contributed by atoms with Crippen molar-refractivity contribution in [3.8, 4) is 0 Å². The van der Waals surface area contributed by atoms with Gasteiger partial charge in [-0.2, -0.15) is 0 Å². The number of anilines is 1. The van der Waals surface area contributed by atoms with Crippen LogP contribution >= 0.6 is 0 Å². The average molecular weight is 259 g/mol. The molecule has 1 saturated heterocycles. The number of hydrogen-bond donors (Lipinski definition) is 2. The lowest BCUT2D eigenvalue weighted by atomic mass is 9.96. The summed E-state index contributed by atoms with van der Waals surface area (Å²) in [4.78, 5) is 13.4. The van der Waals surface area contributed by atoms with Gasteiger partial charge in [-0.15, -0.1) is 0 Å². The van der Waals surface area contributed by atoms with E-state index in [1.54, 1.807) is 4.90 Å². The molecule has 4 nitrogen and oxygen atoms in total. The van der Waals surface area contributed by atoms with Gasteiger partial charge in [0.2, 0.25) is 5.91 Å². The van der Waals surface area contributed by atoms with Gasteiger partial charge < -0.3 is 15.5 Å². The van der Waals surface area contributed by atoms with E-state index in [0.29, 0.717) is 12.5 Å². The number of aryl methyl sites for hydroxylation is 1. The highest BCUT2D eigenvalue weighted by molar-refractivity contribution is 5.95. The van der Waals surface area contributed by atoms with Crippen LogP contribution in [0.5, 0.6) is 0 Å². The molecule has 2 N–H and O–H groups in total. The number of nitrogens with zero attached hydrogens (tertiary/aromatic N) is 1. The number of rotatable bonds is 2. The first kappa shape index (κ1) is 12.6. The first-order chi connectivity index (χ1) is 9.24. The number of fused-ring (bicyclic) bond motifs is 1. The molecule has 2 heterocycles. The molecular formula is C15H21N3O. The van der Waals surface area contributed by atoms with Crippen molar-refractivity contribution >= 4 is 11.6 Å². The number of carbonyl (C=O) groups is 1. The van der Waals surface area contributed by atoms with Gasteiger partial charge in [-0.3, -0.25) is 4.79 Å². The third kappa shape index (κ3) is 2.65. The third-order valence-corrected chi connectivity index (χ3v) is 4.10. The zero-order valence-corrected chi connectivity index (χ0v) is 11.4. The quantitative estimate of drug-likeness (QED) is 0.822. The lowest BCUT2D eigenvalue weighted by molar-refractivity contribution is -0.118. The molecule has 0 aromatic heterocycles. The minimum Gasteiger partial charge on any atom is -0.315 e. The van der Waals surface area contributed by atoms with Crippen LogP contribution in [-0.2, 0) is 17.6 Å². The van der Waals surface area contributed by atoms with Crippen molar-refractivity contribution in [2.75, 3.05) is 31.6 Å². The Balaban J connectivity index is 1.76. The Kier molecular flexibility index (Phi) is 3.53. The van der Waals surface area contributed by atoms with Gasteiger partial charge in [0, 0.05) is 44.8 Å². The molecule has 0 bridgehead atoms. The topological polar surface area (TPSA) is 44.4 Å². The molecule has 3 rings (SSSR count). The predicted octanol–water partition coefficient (Wildman–Crippen LogP) is 0.700. The van der Waals surface area contributed by atoms with Gasteiger partial charge >= 0.3 is 0 Å². The lowest BCUT2D eigenvalue weighted by Gasteiger charge is -2.28. The fourth-order valence-electron chi connectivity index (χ4n) is 2.98. The molecular weight excluding hydrogens is 238 g/mol. The molecule has 1 amide bonds. The number of nitrogens with one attached hydrogen (secondary N) is 2. The summed E-state index contributed by atoms with van der Waals surface area (Å²) in [6.45, 7) is 3.15. The van der Waals surface area contributed by atoms with E-state index in [9.17, 15) is 4.79 Å². The van der Waals surface area contributed by atoms with Crippen LogP contribution in [0.15, 0.2) is 18.2 Å². The standard InChI is InChI=1S/C15H21N3O/c1-18-14-4-2-11(8-12(14)3-5-15(18)19)9-13-10-16-6-7-17-13/h2,4,8,13,16-17H,3,5-7,9-10H2,1H3. The van der Waals surface area contributed by atoms with Gasteiger partial charge in [-0.1, -0.05) is 12.1 Å². The molecule has 1 atom stereocenters. The smallest absolute Gasteiger partial charge is 0.227 e. The van der Waals surface area contributed by atoms with Crippen LogP contribution < -0.4 is 15.5 Å². The second-order valence-electron chi connectivity index (χ2n) is 5.48. The molecule has 1 aromatic rings. The fourth-order valence-corrected chi connectivity index (χ4v) is 2.98. The predicted molar refractivity (Wildman–Crippen MR) is 76.5 cm³/mol. The summed E-state index contributed by atoms with van der Waals surface area (Å²) in [6.07, 6.45) is 2.57. The van der Waals surface area contributed by atoms with E-state index in [2.05, 4.69) is 28.8 Å². The Morgan fingerprint density at radius 2 is 2.21 bits per heavy atom. The zero-order chi connectivity index (χ0) is 13.2. The van der Waals surface area contributed by atoms with Gasteiger partial charge in [0.1, 0.15) is 0 Å². The van der Waals surface area contributed by atoms with E-state index < -0.39 is 0 Å². The SMILES string of the molecule is CN1C(=O)CCc2cc(CC3CNCCN3)ccc21. The molecule has 4 heteroatoms. The summed E-state index contributed by atoms with van der Waals surface area (Å²) < 4.78 is 0. The Bertz CT molecular complexity index is 480. The maximum absolute atomic E-state index is 11.7. The molecule has 0 saturated carbocycles. The summed E-state index contributed by atoms with van der Waals surface area (Å²) in [5.74, 6) is 0.221. The molecule has 0 spiro atoms. The Hall–Kier alpha value is -1.39. The number of benzene rings is 1. The normalized spacial score (nSPS) is 23.3. The maximum atomic E-state index is 11.7. The Morgan fingerprint density at radius 3 is 3.00 bits per heavy atom. The summed E-state index contributed by atoms with van der Waals surface area (Å²) in [5.41, 5.74) is 3.75. The number of piperazine rings is 1. The molecule has 1 fully saturated rings. The largest absolute Gasteiger partial charge is 0.315 e. The van der Waals surface area contributed by atoms with Crippen molar-refractivity contribution in [1.82, 2.24) is 10.6 Å². The molecule has 2 aliphatic rings. The van der Waals surface area contributed by atoms with Crippen molar-refractivity contribution in [2.24, 2.45) is 0 Å². The maximum Gasteiger partial charge on any atom is 0.227 e. The van der Waals surface area contributed by atoms with Crippen LogP contribution in [0, 0.1) is 0 Å². The summed E-state index contributed by atoms with van der Waals surface area (Å²) in [5, 5.41) is 6.95. The van der Waals surface area contributed by atoms with Crippen molar-refractivity contribution in [2.45, 2.75) is 25.3 Å². The molecule has 0 radical (unpaired) electrons. The number of carbonyl (C=O) groups excluding carboxylic acids is 1. The van der Waals surface area contributed by atoms with Gasteiger partial charge in [0.15, 0.2) is 0 Å². The molecule has 19 heavy (non-hydrogen) atoms. The first-order valence-electron chi connectivity index (χ1n) is 7.06. The number of hydrogen-bond acceptors (Lipinski definition) is 3. The van der Waals surface area contributed by atoms with Crippen LogP contribution in [0.1, 0.15) is 17.5 Å². The number of amides is 1. The van der Waals surface area contributed by atoms with Crippen LogP contribution in [0.2, 0.25) is 0 Å².